The van der Waals surface area contributed by atoms with E-state index >= 15 is 0 Å². The molecule has 0 saturated heterocycles. The van der Waals surface area contributed by atoms with Gasteiger partial charge in [0.25, 0.3) is 5.69 Å². The minimum Gasteiger partial charge on any atom is -0.456 e. The molecule has 0 aliphatic carbocycles. The van der Waals surface area contributed by atoms with Crippen LogP contribution in [0, 0.1) is 37.8 Å². The van der Waals surface area contributed by atoms with Crippen LogP contribution in [-0.2, 0) is 19.6 Å². The molecular formula is C22H27N3O7S. The number of hydrogen-bond donors (Lipinski definition) is 1. The molecule has 0 bridgehead atoms. The summed E-state index contributed by atoms with van der Waals surface area (Å²) in [5, 5.41) is 11.3. The lowest BCUT2D eigenvalue weighted by molar-refractivity contribution is -0.384. The summed E-state index contributed by atoms with van der Waals surface area (Å²) in [5.41, 5.74) is 4.07. The van der Waals surface area contributed by atoms with Gasteiger partial charge in [0.2, 0.25) is 15.8 Å². The van der Waals surface area contributed by atoms with E-state index in [4.69, 9.17) is 4.74 Å². The molecule has 2 aromatic rings. The largest absolute Gasteiger partial charge is 0.456 e. The highest BCUT2D eigenvalue weighted by atomic mass is 32.2. The van der Waals surface area contributed by atoms with Crippen LogP contribution < -0.4 is 9.62 Å². The Morgan fingerprint density at radius 1 is 1.06 bits per heavy atom. The number of nitrogens with one attached hydrogen (secondary N) is 1. The number of esters is 1. The molecule has 0 aromatic heterocycles. The third-order valence-corrected chi connectivity index (χ3v) is 6.89. The number of carbonyl (C=O) groups is 2. The van der Waals surface area contributed by atoms with Crippen molar-refractivity contribution in [3.63, 3.8) is 0 Å². The lowest BCUT2D eigenvalue weighted by Crippen LogP contribution is -2.31. The quantitative estimate of drug-likeness (QED) is 0.252. The minimum absolute atomic E-state index is 0.230. The van der Waals surface area contributed by atoms with Crippen molar-refractivity contribution in [3.05, 3.63) is 62.2 Å². The van der Waals surface area contributed by atoms with Gasteiger partial charge in [-0.05, 0) is 68.1 Å². The summed E-state index contributed by atoms with van der Waals surface area (Å²) >= 11 is 0. The number of aryl methyl sites for hydroxylation is 1. The Kier molecular flexibility index (Phi) is 7.93. The highest BCUT2D eigenvalue weighted by Gasteiger charge is 2.23. The third kappa shape index (κ3) is 5.93. The van der Waals surface area contributed by atoms with Crippen molar-refractivity contribution in [2.75, 3.05) is 32.1 Å². The predicted molar refractivity (Wildman–Crippen MR) is 123 cm³/mol. The molecule has 2 aromatic carbocycles. The lowest BCUT2D eigenvalue weighted by atomic mass is 9.93. The second-order valence-corrected chi connectivity index (χ2v) is 9.59. The maximum atomic E-state index is 12.5. The zero-order valence-corrected chi connectivity index (χ0v) is 20.2. The fraction of sp³-hybridized carbons (Fsp3) is 0.364. The number of Topliss-reactive ketones (excluding diaryl/α,β-unsaturated/α-hetero) is 1. The number of hydrogen-bond acceptors (Lipinski definition) is 8. The number of ether oxygens (including phenoxy) is 1. The van der Waals surface area contributed by atoms with Gasteiger partial charge in [-0.1, -0.05) is 0 Å². The molecule has 10 nitrogen and oxygen atoms in total. The maximum Gasteiger partial charge on any atom is 0.321 e. The van der Waals surface area contributed by atoms with Crippen molar-refractivity contribution in [2.45, 2.75) is 32.6 Å². The topological polar surface area (TPSA) is 136 Å². The molecule has 0 saturated carbocycles. The molecule has 11 heteroatoms. The number of anilines is 1. The summed E-state index contributed by atoms with van der Waals surface area (Å²) in [4.78, 5) is 36.2. The second kappa shape index (κ2) is 10.1. The Bertz CT molecular complexity index is 1220. The summed E-state index contributed by atoms with van der Waals surface area (Å²) < 4.78 is 31.9. The van der Waals surface area contributed by atoms with Gasteiger partial charge in [0, 0.05) is 25.7 Å². The van der Waals surface area contributed by atoms with E-state index in [2.05, 4.69) is 0 Å². The van der Waals surface area contributed by atoms with Crippen molar-refractivity contribution >= 4 is 33.2 Å². The summed E-state index contributed by atoms with van der Waals surface area (Å²) in [6.07, 6.45) is 0. The van der Waals surface area contributed by atoms with Gasteiger partial charge in [-0.2, -0.15) is 4.72 Å². The number of nitro benzene ring substituents is 1. The number of rotatable bonds is 9. The molecule has 0 amide bonds. The van der Waals surface area contributed by atoms with Crippen LogP contribution in [0.25, 0.3) is 0 Å². The van der Waals surface area contributed by atoms with Crippen LogP contribution in [-0.4, -0.2) is 52.3 Å². The van der Waals surface area contributed by atoms with Crippen molar-refractivity contribution in [1.29, 1.82) is 0 Å². The molecule has 0 unspecified atom stereocenters. The van der Waals surface area contributed by atoms with Gasteiger partial charge in [0.1, 0.15) is 12.2 Å². The molecule has 2 rings (SSSR count). The Balaban J connectivity index is 2.06. The van der Waals surface area contributed by atoms with Crippen LogP contribution in [0.15, 0.2) is 29.2 Å². The number of nitro groups is 1. The Morgan fingerprint density at radius 3 is 2.27 bits per heavy atom. The first-order chi connectivity index (χ1) is 15.3. The van der Waals surface area contributed by atoms with Crippen LogP contribution in [0.5, 0.6) is 0 Å². The Hall–Kier alpha value is -3.31. The van der Waals surface area contributed by atoms with Gasteiger partial charge in [0.15, 0.2) is 6.61 Å². The lowest BCUT2D eigenvalue weighted by Gasteiger charge is -2.14. The van der Waals surface area contributed by atoms with Gasteiger partial charge >= 0.3 is 5.97 Å². The number of nitrogens with zero attached hydrogens (tertiary/aromatic N) is 2. The second-order valence-electron chi connectivity index (χ2n) is 7.83. The van der Waals surface area contributed by atoms with Crippen LogP contribution in [0.4, 0.5) is 11.4 Å². The van der Waals surface area contributed by atoms with Gasteiger partial charge in [-0.15, -0.1) is 0 Å². The first-order valence-corrected chi connectivity index (χ1v) is 11.5. The zero-order valence-electron chi connectivity index (χ0n) is 19.4. The summed E-state index contributed by atoms with van der Waals surface area (Å²) in [6.45, 7) is 6.29. The fourth-order valence-electron chi connectivity index (χ4n) is 3.21. The van der Waals surface area contributed by atoms with E-state index in [1.807, 2.05) is 32.4 Å². The maximum absolute atomic E-state index is 12.5. The van der Waals surface area contributed by atoms with Crippen LogP contribution in [0.2, 0.25) is 0 Å². The first-order valence-electron chi connectivity index (χ1n) is 9.98. The smallest absolute Gasteiger partial charge is 0.321 e. The van der Waals surface area contributed by atoms with Crippen LogP contribution in [0.3, 0.4) is 0 Å². The summed E-state index contributed by atoms with van der Waals surface area (Å²) in [5.74, 6) is -1.35. The van der Waals surface area contributed by atoms with E-state index in [0.29, 0.717) is 5.56 Å². The van der Waals surface area contributed by atoms with Gasteiger partial charge in [-0.25, -0.2) is 8.42 Å². The van der Waals surface area contributed by atoms with Crippen molar-refractivity contribution in [1.82, 2.24) is 4.72 Å². The average Bonchev–Trinajstić information content (AvgIpc) is 2.76. The predicted octanol–water partition coefficient (Wildman–Crippen LogP) is 2.60. The average molecular weight is 478 g/mol. The summed E-state index contributed by atoms with van der Waals surface area (Å²) in [7, 11) is -1.05. The molecule has 0 heterocycles. The zero-order chi connectivity index (χ0) is 25.1. The van der Waals surface area contributed by atoms with E-state index in [9.17, 15) is 28.1 Å². The molecule has 0 atom stereocenters. The van der Waals surface area contributed by atoms with E-state index < -0.39 is 45.5 Å². The fourth-order valence-corrected chi connectivity index (χ4v) is 4.20. The molecule has 0 radical (unpaired) electrons. The standard InChI is InChI=1S/C22H27N3O7S/c1-13-9-18(16(4)15(3)14(13)2)21(26)12-32-22(27)11-23-33(30,31)17-7-8-19(24(5)6)20(10-17)25(28)29/h7-10,23H,11-12H2,1-6H3. The minimum atomic E-state index is -4.23. The van der Waals surface area contributed by atoms with E-state index in [1.165, 1.54) is 17.0 Å². The van der Waals surface area contributed by atoms with Crippen LogP contribution in [0.1, 0.15) is 32.6 Å². The van der Waals surface area contributed by atoms with E-state index in [-0.39, 0.29) is 10.6 Å². The van der Waals surface area contributed by atoms with E-state index in [0.717, 1.165) is 28.3 Å². The molecule has 0 spiro atoms. The number of ketones is 1. The molecule has 1 N–H and O–H groups in total. The van der Waals surface area contributed by atoms with Crippen LogP contribution >= 0.6 is 0 Å². The van der Waals surface area contributed by atoms with Gasteiger partial charge in [0.05, 0.1) is 9.82 Å². The Morgan fingerprint density at radius 2 is 1.70 bits per heavy atom. The molecule has 0 fully saturated rings. The van der Waals surface area contributed by atoms with Gasteiger partial charge < -0.3 is 9.64 Å². The first kappa shape index (κ1) is 25.9. The summed E-state index contributed by atoms with van der Waals surface area (Å²) in [6, 6.07) is 5.15. The number of benzene rings is 2. The third-order valence-electron chi connectivity index (χ3n) is 5.49. The molecule has 178 valence electrons. The van der Waals surface area contributed by atoms with Gasteiger partial charge in [-0.3, -0.25) is 19.7 Å². The highest BCUT2D eigenvalue weighted by Crippen LogP contribution is 2.29. The van der Waals surface area contributed by atoms with Crippen molar-refractivity contribution in [3.8, 4) is 0 Å². The number of carbonyl (C=O) groups excluding carboxylic acids is 2. The molecular weight excluding hydrogens is 450 g/mol. The normalized spacial score (nSPS) is 11.2. The van der Waals surface area contributed by atoms with E-state index in [1.54, 1.807) is 20.2 Å². The SMILES string of the molecule is Cc1cc(C(=O)COC(=O)CNS(=O)(=O)c2ccc(N(C)C)c([N+](=O)[O-])c2)c(C)c(C)c1C. The molecule has 0 aliphatic heterocycles. The molecule has 33 heavy (non-hydrogen) atoms. The van der Waals surface area contributed by atoms with Crippen molar-refractivity contribution in [2.24, 2.45) is 0 Å². The number of sulfonamides is 1. The Labute approximate surface area is 192 Å². The highest BCUT2D eigenvalue weighted by molar-refractivity contribution is 7.89. The van der Waals surface area contributed by atoms with Crippen molar-refractivity contribution < 1.29 is 27.7 Å². The monoisotopic (exact) mass is 477 g/mol. The molecule has 0 aliphatic rings.